The van der Waals surface area contributed by atoms with Gasteiger partial charge in [-0.05, 0) is 62.4 Å². The van der Waals surface area contributed by atoms with Gasteiger partial charge in [-0.2, -0.15) is 4.31 Å². The van der Waals surface area contributed by atoms with Crippen LogP contribution in [0.1, 0.15) is 43.4 Å². The molecule has 2 heterocycles. The summed E-state index contributed by atoms with van der Waals surface area (Å²) in [5.74, 6) is -0.255. The maximum absolute atomic E-state index is 13.2. The van der Waals surface area contributed by atoms with E-state index >= 15 is 0 Å². The van der Waals surface area contributed by atoms with E-state index in [2.05, 4.69) is 5.32 Å². The first kappa shape index (κ1) is 23.4. The van der Waals surface area contributed by atoms with Crippen molar-refractivity contribution in [2.24, 2.45) is 5.92 Å². The molecule has 2 aliphatic heterocycles. The van der Waals surface area contributed by atoms with Gasteiger partial charge >= 0.3 is 0 Å². The third kappa shape index (κ3) is 4.82. The monoisotopic (exact) mass is 469 g/mol. The van der Waals surface area contributed by atoms with Crippen LogP contribution in [0, 0.1) is 12.8 Å². The molecule has 0 bridgehead atoms. The quantitative estimate of drug-likeness (QED) is 0.729. The molecule has 2 aromatic rings. The summed E-state index contributed by atoms with van der Waals surface area (Å²) in [4.78, 5) is 26.5. The fourth-order valence-electron chi connectivity index (χ4n) is 4.79. The first-order valence-corrected chi connectivity index (χ1v) is 12.9. The van der Waals surface area contributed by atoms with Crippen LogP contribution in [0.2, 0.25) is 0 Å². The minimum Gasteiger partial charge on any atom is -0.352 e. The van der Waals surface area contributed by atoms with Crippen LogP contribution in [-0.2, 0) is 32.6 Å². The molecule has 176 valence electrons. The first-order chi connectivity index (χ1) is 15.7. The topological polar surface area (TPSA) is 86.8 Å². The summed E-state index contributed by atoms with van der Waals surface area (Å²) in [5, 5.41) is 2.98. The summed E-state index contributed by atoms with van der Waals surface area (Å²) in [6, 6.07) is 13.1. The van der Waals surface area contributed by atoms with E-state index in [4.69, 9.17) is 0 Å². The number of hydrogen-bond acceptors (Lipinski definition) is 4. The smallest absolute Gasteiger partial charge is 0.243 e. The molecule has 0 aliphatic carbocycles. The summed E-state index contributed by atoms with van der Waals surface area (Å²) < 4.78 is 28.0. The number of piperidine rings is 1. The van der Waals surface area contributed by atoms with Crippen LogP contribution < -0.4 is 10.2 Å². The van der Waals surface area contributed by atoms with Gasteiger partial charge in [0.25, 0.3) is 0 Å². The van der Waals surface area contributed by atoms with Gasteiger partial charge in [-0.15, -0.1) is 0 Å². The van der Waals surface area contributed by atoms with E-state index in [9.17, 15) is 18.0 Å². The Labute approximate surface area is 195 Å². The number of sulfonamides is 1. The molecule has 8 heteroatoms. The van der Waals surface area contributed by atoms with Gasteiger partial charge in [-0.25, -0.2) is 8.42 Å². The Bertz CT molecular complexity index is 1150. The first-order valence-electron chi connectivity index (χ1n) is 11.4. The number of nitrogens with one attached hydrogen (secondary N) is 1. The van der Waals surface area contributed by atoms with Gasteiger partial charge in [0.05, 0.1) is 4.90 Å². The van der Waals surface area contributed by atoms with Crippen molar-refractivity contribution in [1.29, 1.82) is 0 Å². The molecule has 2 aliphatic rings. The van der Waals surface area contributed by atoms with Gasteiger partial charge in [0.1, 0.15) is 0 Å². The maximum atomic E-state index is 13.2. The number of fused-ring (bicyclic) bond motifs is 1. The Morgan fingerprint density at radius 1 is 1.06 bits per heavy atom. The number of benzene rings is 2. The van der Waals surface area contributed by atoms with Crippen molar-refractivity contribution in [3.8, 4) is 0 Å². The van der Waals surface area contributed by atoms with Crippen molar-refractivity contribution in [2.45, 2.75) is 57.5 Å². The molecule has 7 nitrogen and oxygen atoms in total. The second-order valence-electron chi connectivity index (χ2n) is 9.11. The van der Waals surface area contributed by atoms with Crippen molar-refractivity contribution in [1.82, 2.24) is 9.62 Å². The second-order valence-corrected chi connectivity index (χ2v) is 11.1. The van der Waals surface area contributed by atoms with E-state index in [1.54, 1.807) is 23.1 Å². The number of carbonyl (C=O) groups excluding carboxylic acids is 2. The number of carbonyl (C=O) groups is 2. The van der Waals surface area contributed by atoms with E-state index in [0.717, 1.165) is 16.8 Å². The number of rotatable bonds is 5. The Kier molecular flexibility index (Phi) is 6.59. The SMILES string of the molecule is CC(=O)N1c2ccc(S(=O)(=O)N3CCC(C(=O)NCc4ccc(C)cc4)CC3)cc2C[C@H]1C. The lowest BCUT2D eigenvalue weighted by Gasteiger charge is -2.30. The second kappa shape index (κ2) is 9.27. The highest BCUT2D eigenvalue weighted by molar-refractivity contribution is 7.89. The number of anilines is 1. The van der Waals surface area contributed by atoms with Crippen LogP contribution in [0.3, 0.4) is 0 Å². The van der Waals surface area contributed by atoms with Gasteiger partial charge in [-0.3, -0.25) is 9.59 Å². The molecule has 1 atom stereocenters. The highest BCUT2D eigenvalue weighted by atomic mass is 32.2. The molecule has 0 radical (unpaired) electrons. The maximum Gasteiger partial charge on any atom is 0.243 e. The summed E-state index contributed by atoms with van der Waals surface area (Å²) in [6.07, 6.45) is 1.64. The van der Waals surface area contributed by atoms with E-state index in [1.165, 1.54) is 16.8 Å². The molecule has 0 spiro atoms. The molecule has 1 N–H and O–H groups in total. The zero-order chi connectivity index (χ0) is 23.8. The lowest BCUT2D eigenvalue weighted by molar-refractivity contribution is -0.126. The zero-order valence-electron chi connectivity index (χ0n) is 19.4. The van der Waals surface area contributed by atoms with E-state index in [0.29, 0.717) is 38.9 Å². The normalized spacial score (nSPS) is 19.4. The standard InChI is InChI=1S/C25H31N3O4S/c1-17-4-6-20(7-5-17)16-26-25(30)21-10-12-27(13-11-21)33(31,32)23-8-9-24-22(15-23)14-18(2)28(24)19(3)29/h4-9,15,18,21H,10-14,16H2,1-3H3,(H,26,30)/t18-/m1/s1. The van der Waals surface area contributed by atoms with Gasteiger partial charge < -0.3 is 10.2 Å². The fraction of sp³-hybridized carbons (Fsp3) is 0.440. The fourth-order valence-corrected chi connectivity index (χ4v) is 6.32. The highest BCUT2D eigenvalue weighted by Gasteiger charge is 2.34. The van der Waals surface area contributed by atoms with E-state index in [-0.39, 0.29) is 28.7 Å². The Hall–Kier alpha value is -2.71. The van der Waals surface area contributed by atoms with Crippen LogP contribution in [-0.4, -0.2) is 43.7 Å². The molecule has 4 rings (SSSR count). The number of amides is 2. The number of hydrogen-bond donors (Lipinski definition) is 1. The van der Waals surface area contributed by atoms with Gasteiger partial charge in [0, 0.05) is 44.2 Å². The van der Waals surface area contributed by atoms with E-state index < -0.39 is 10.0 Å². The summed E-state index contributed by atoms with van der Waals surface area (Å²) in [5.41, 5.74) is 3.89. The molecule has 0 aromatic heterocycles. The van der Waals surface area contributed by atoms with Crippen LogP contribution in [0.15, 0.2) is 47.4 Å². The Morgan fingerprint density at radius 2 is 1.73 bits per heavy atom. The number of nitrogens with zero attached hydrogens (tertiary/aromatic N) is 2. The van der Waals surface area contributed by atoms with Crippen LogP contribution in [0.25, 0.3) is 0 Å². The summed E-state index contributed by atoms with van der Waals surface area (Å²) in [6.45, 7) is 6.62. The van der Waals surface area contributed by atoms with Crippen molar-refractivity contribution in [3.05, 3.63) is 59.2 Å². The molecule has 33 heavy (non-hydrogen) atoms. The number of aryl methyl sites for hydroxylation is 1. The molecule has 2 amide bonds. The lowest BCUT2D eigenvalue weighted by Crippen LogP contribution is -2.42. The Morgan fingerprint density at radius 3 is 2.36 bits per heavy atom. The van der Waals surface area contributed by atoms with Crippen LogP contribution in [0.5, 0.6) is 0 Å². The Balaban J connectivity index is 1.37. The zero-order valence-corrected chi connectivity index (χ0v) is 20.2. The minimum absolute atomic E-state index is 0.0182. The van der Waals surface area contributed by atoms with Gasteiger partial charge in [0.15, 0.2) is 0 Å². The lowest BCUT2D eigenvalue weighted by atomic mass is 9.97. The van der Waals surface area contributed by atoms with Crippen molar-refractivity contribution in [2.75, 3.05) is 18.0 Å². The molecule has 0 unspecified atom stereocenters. The van der Waals surface area contributed by atoms with E-state index in [1.807, 2.05) is 38.1 Å². The predicted molar refractivity (Wildman–Crippen MR) is 127 cm³/mol. The summed E-state index contributed by atoms with van der Waals surface area (Å²) in [7, 11) is -3.65. The third-order valence-electron chi connectivity index (χ3n) is 6.66. The molecule has 2 aromatic carbocycles. The predicted octanol–water partition coefficient (Wildman–Crippen LogP) is 3.01. The van der Waals surface area contributed by atoms with Crippen molar-refractivity contribution < 1.29 is 18.0 Å². The van der Waals surface area contributed by atoms with Gasteiger partial charge in [-0.1, -0.05) is 29.8 Å². The van der Waals surface area contributed by atoms with Crippen molar-refractivity contribution >= 4 is 27.5 Å². The molecular weight excluding hydrogens is 438 g/mol. The molecule has 1 saturated heterocycles. The van der Waals surface area contributed by atoms with Crippen molar-refractivity contribution in [3.63, 3.8) is 0 Å². The largest absolute Gasteiger partial charge is 0.352 e. The average molecular weight is 470 g/mol. The molecular formula is C25H31N3O4S. The van der Waals surface area contributed by atoms with Crippen LogP contribution >= 0.6 is 0 Å². The van der Waals surface area contributed by atoms with Crippen LogP contribution in [0.4, 0.5) is 5.69 Å². The highest BCUT2D eigenvalue weighted by Crippen LogP contribution is 2.35. The minimum atomic E-state index is -3.65. The third-order valence-corrected chi connectivity index (χ3v) is 8.55. The summed E-state index contributed by atoms with van der Waals surface area (Å²) >= 11 is 0. The molecule has 1 fully saturated rings. The van der Waals surface area contributed by atoms with Gasteiger partial charge in [0.2, 0.25) is 21.8 Å². The average Bonchev–Trinajstić information content (AvgIpc) is 3.13. The molecule has 0 saturated carbocycles.